The number of hydrogen-bond donors (Lipinski definition) is 1. The second-order valence-corrected chi connectivity index (χ2v) is 9.21. The Balaban J connectivity index is 1.82. The van der Waals surface area contributed by atoms with Gasteiger partial charge in [-0.2, -0.15) is 9.78 Å². The van der Waals surface area contributed by atoms with E-state index in [4.69, 9.17) is 0 Å². The first-order chi connectivity index (χ1) is 17.3. The summed E-state index contributed by atoms with van der Waals surface area (Å²) in [5.74, 6) is -0.318. The highest BCUT2D eigenvalue weighted by Gasteiger charge is 2.22. The van der Waals surface area contributed by atoms with Crippen molar-refractivity contribution in [3.8, 4) is 5.69 Å². The van der Waals surface area contributed by atoms with Crippen molar-refractivity contribution in [3.05, 3.63) is 128 Å². The number of aryl methyl sites for hydroxylation is 1. The van der Waals surface area contributed by atoms with E-state index in [1.807, 2.05) is 80.6 Å². The van der Waals surface area contributed by atoms with Crippen LogP contribution in [0.1, 0.15) is 65.5 Å². The van der Waals surface area contributed by atoms with Crippen LogP contribution in [0.5, 0.6) is 0 Å². The SMILES string of the molecule is Cc1ccccc1Cn1c(=O)c(C(=O)NC(C)c2ccccc2)nn(-c2ccc(C(C)C)cc2)c1=O. The first kappa shape index (κ1) is 24.9. The molecule has 1 heterocycles. The molecular weight excluding hydrogens is 452 g/mol. The minimum Gasteiger partial charge on any atom is -0.344 e. The van der Waals surface area contributed by atoms with Crippen molar-refractivity contribution >= 4 is 5.91 Å². The Morgan fingerprint density at radius 3 is 2.14 bits per heavy atom. The van der Waals surface area contributed by atoms with E-state index < -0.39 is 17.2 Å². The summed E-state index contributed by atoms with van der Waals surface area (Å²) < 4.78 is 2.21. The smallest absolute Gasteiger partial charge is 0.344 e. The monoisotopic (exact) mass is 482 g/mol. The van der Waals surface area contributed by atoms with Crippen molar-refractivity contribution in [1.82, 2.24) is 19.7 Å². The summed E-state index contributed by atoms with van der Waals surface area (Å²) in [4.78, 5) is 40.1. The topological polar surface area (TPSA) is 86.0 Å². The second-order valence-electron chi connectivity index (χ2n) is 9.21. The van der Waals surface area contributed by atoms with Crippen molar-refractivity contribution in [2.45, 2.75) is 46.2 Å². The number of rotatable bonds is 7. The Labute approximate surface area is 210 Å². The van der Waals surface area contributed by atoms with Crippen molar-refractivity contribution in [2.75, 3.05) is 0 Å². The number of benzene rings is 3. The fourth-order valence-electron chi connectivity index (χ4n) is 4.01. The van der Waals surface area contributed by atoms with Gasteiger partial charge < -0.3 is 5.32 Å². The summed E-state index contributed by atoms with van der Waals surface area (Å²) >= 11 is 0. The third-order valence-corrected chi connectivity index (χ3v) is 6.32. The summed E-state index contributed by atoms with van der Waals surface area (Å²) in [6, 6.07) is 24.0. The van der Waals surface area contributed by atoms with Gasteiger partial charge in [0.25, 0.3) is 11.5 Å². The van der Waals surface area contributed by atoms with Crippen LogP contribution < -0.4 is 16.6 Å². The van der Waals surface area contributed by atoms with Crippen molar-refractivity contribution in [1.29, 1.82) is 0 Å². The molecule has 0 fully saturated rings. The molecule has 4 aromatic rings. The molecule has 1 atom stereocenters. The highest BCUT2D eigenvalue weighted by molar-refractivity contribution is 5.92. The molecule has 7 heteroatoms. The van der Waals surface area contributed by atoms with Gasteiger partial charge >= 0.3 is 5.69 Å². The average molecular weight is 483 g/mol. The van der Waals surface area contributed by atoms with Gasteiger partial charge in [-0.15, -0.1) is 0 Å². The lowest BCUT2D eigenvalue weighted by molar-refractivity contribution is 0.0930. The zero-order valence-corrected chi connectivity index (χ0v) is 20.9. The number of amides is 1. The molecule has 4 rings (SSSR count). The van der Waals surface area contributed by atoms with Crippen LogP contribution in [0.4, 0.5) is 0 Å². The zero-order valence-electron chi connectivity index (χ0n) is 20.9. The van der Waals surface area contributed by atoms with E-state index in [0.29, 0.717) is 11.6 Å². The van der Waals surface area contributed by atoms with Crippen LogP contribution in [0.15, 0.2) is 88.5 Å². The van der Waals surface area contributed by atoms with Crippen LogP contribution in [0.25, 0.3) is 5.69 Å². The predicted molar refractivity (Wildman–Crippen MR) is 141 cm³/mol. The van der Waals surface area contributed by atoms with Gasteiger partial charge in [0.1, 0.15) is 0 Å². The third kappa shape index (κ3) is 5.20. The predicted octanol–water partition coefficient (Wildman–Crippen LogP) is 4.37. The Hall–Kier alpha value is -4.26. The maximum atomic E-state index is 13.5. The number of carbonyl (C=O) groups excluding carboxylic acids is 1. The molecule has 0 bridgehead atoms. The highest BCUT2D eigenvalue weighted by atomic mass is 16.2. The number of nitrogens with one attached hydrogen (secondary N) is 1. The highest BCUT2D eigenvalue weighted by Crippen LogP contribution is 2.16. The standard InChI is InChI=1S/C29H30N4O3/c1-19(2)22-14-16-25(17-15-22)33-29(36)32(18-24-13-9-8-10-20(24)3)28(35)26(31-33)27(34)30-21(4)23-11-6-5-7-12-23/h5-17,19,21H,18H2,1-4H3,(H,30,34). The minimum atomic E-state index is -0.726. The summed E-state index contributed by atoms with van der Waals surface area (Å²) in [5.41, 5.74) is 2.57. The molecule has 0 aliphatic carbocycles. The van der Waals surface area contributed by atoms with E-state index >= 15 is 0 Å². The van der Waals surface area contributed by atoms with Gasteiger partial charge in [-0.1, -0.05) is 80.6 Å². The molecular formula is C29H30N4O3. The molecule has 0 saturated carbocycles. The molecule has 3 aromatic carbocycles. The molecule has 1 N–H and O–H groups in total. The molecule has 0 saturated heterocycles. The van der Waals surface area contributed by atoms with E-state index in [2.05, 4.69) is 24.3 Å². The fourth-order valence-corrected chi connectivity index (χ4v) is 4.01. The summed E-state index contributed by atoms with van der Waals surface area (Å²) in [7, 11) is 0. The second kappa shape index (κ2) is 10.6. The van der Waals surface area contributed by atoms with E-state index in [9.17, 15) is 14.4 Å². The first-order valence-electron chi connectivity index (χ1n) is 12.0. The summed E-state index contributed by atoms with van der Waals surface area (Å²) in [6.45, 7) is 7.95. The Bertz CT molecular complexity index is 1490. The van der Waals surface area contributed by atoms with Gasteiger partial charge in [-0.25, -0.2) is 4.79 Å². The largest absolute Gasteiger partial charge is 0.352 e. The molecule has 0 aliphatic rings. The quantitative estimate of drug-likeness (QED) is 0.424. The zero-order chi connectivity index (χ0) is 25.8. The van der Waals surface area contributed by atoms with E-state index in [-0.39, 0.29) is 18.3 Å². The molecule has 36 heavy (non-hydrogen) atoms. The van der Waals surface area contributed by atoms with Crippen LogP contribution in [0.3, 0.4) is 0 Å². The van der Waals surface area contributed by atoms with Crippen molar-refractivity contribution < 1.29 is 4.79 Å². The molecule has 184 valence electrons. The lowest BCUT2D eigenvalue weighted by Gasteiger charge is -2.16. The van der Waals surface area contributed by atoms with Crippen molar-refractivity contribution in [3.63, 3.8) is 0 Å². The fraction of sp³-hybridized carbons (Fsp3) is 0.241. The number of hydrogen-bond acceptors (Lipinski definition) is 4. The minimum absolute atomic E-state index is 0.0332. The normalized spacial score (nSPS) is 11.9. The lowest BCUT2D eigenvalue weighted by Crippen LogP contribution is -2.46. The van der Waals surface area contributed by atoms with Gasteiger partial charge in [0.15, 0.2) is 0 Å². The average Bonchev–Trinajstić information content (AvgIpc) is 2.88. The molecule has 0 aliphatic heterocycles. The lowest BCUT2D eigenvalue weighted by atomic mass is 10.0. The Kier molecular flexibility index (Phi) is 7.29. The van der Waals surface area contributed by atoms with Crippen LogP contribution in [0, 0.1) is 6.92 Å². The van der Waals surface area contributed by atoms with Crippen molar-refractivity contribution in [2.24, 2.45) is 0 Å². The molecule has 1 aromatic heterocycles. The van der Waals surface area contributed by atoms with Crippen LogP contribution in [-0.4, -0.2) is 20.3 Å². The van der Waals surface area contributed by atoms with Gasteiger partial charge in [0.05, 0.1) is 18.3 Å². The van der Waals surface area contributed by atoms with E-state index in [1.54, 1.807) is 12.1 Å². The molecule has 7 nitrogen and oxygen atoms in total. The molecule has 1 amide bonds. The van der Waals surface area contributed by atoms with Gasteiger partial charge in [-0.05, 0) is 54.2 Å². The number of nitrogens with zero attached hydrogens (tertiary/aromatic N) is 3. The van der Waals surface area contributed by atoms with Gasteiger partial charge in [0.2, 0.25) is 5.69 Å². The number of aromatic nitrogens is 3. The van der Waals surface area contributed by atoms with E-state index in [1.165, 1.54) is 0 Å². The Morgan fingerprint density at radius 1 is 0.861 bits per heavy atom. The third-order valence-electron chi connectivity index (χ3n) is 6.32. The van der Waals surface area contributed by atoms with Crippen LogP contribution in [0.2, 0.25) is 0 Å². The van der Waals surface area contributed by atoms with E-state index in [0.717, 1.165) is 31.5 Å². The summed E-state index contributed by atoms with van der Waals surface area (Å²) in [6.07, 6.45) is 0. The molecule has 0 radical (unpaired) electrons. The number of carbonyl (C=O) groups is 1. The Morgan fingerprint density at radius 2 is 1.50 bits per heavy atom. The summed E-state index contributed by atoms with van der Waals surface area (Å²) in [5, 5.41) is 7.09. The van der Waals surface area contributed by atoms with Crippen LogP contribution >= 0.6 is 0 Å². The molecule has 0 spiro atoms. The maximum absolute atomic E-state index is 13.5. The molecule has 1 unspecified atom stereocenters. The van der Waals surface area contributed by atoms with Gasteiger partial charge in [-0.3, -0.25) is 14.2 Å². The first-order valence-corrected chi connectivity index (χ1v) is 12.0. The maximum Gasteiger partial charge on any atom is 0.352 e. The van der Waals surface area contributed by atoms with Gasteiger partial charge in [0, 0.05) is 0 Å². The van der Waals surface area contributed by atoms with Crippen LogP contribution in [-0.2, 0) is 6.54 Å².